The molecular formula is C72H70N16O4. The number of nitrogens with zero attached hydrogens (tertiary/aromatic N) is 9. The predicted octanol–water partition coefficient (Wildman–Crippen LogP) is 11.6. The first kappa shape index (κ1) is 59.9. The Morgan fingerprint density at radius 1 is 0.424 bits per heavy atom. The van der Waals surface area contributed by atoms with Crippen LogP contribution in [0.5, 0.6) is 5.75 Å². The number of hydrogen-bond acceptors (Lipinski definition) is 12. The predicted molar refractivity (Wildman–Crippen MR) is 361 cm³/mol. The summed E-state index contributed by atoms with van der Waals surface area (Å²) in [5.74, 6) is 3.39. The summed E-state index contributed by atoms with van der Waals surface area (Å²) in [7, 11) is 8.08. The third-order valence-corrected chi connectivity index (χ3v) is 16.2. The van der Waals surface area contributed by atoms with Crippen LogP contribution in [0.25, 0.3) is 112 Å². The molecule has 0 radical (unpaired) electrons. The van der Waals surface area contributed by atoms with Gasteiger partial charge in [-0.2, -0.15) is 0 Å². The summed E-state index contributed by atoms with van der Waals surface area (Å²) in [6.07, 6.45) is 4.90. The van der Waals surface area contributed by atoms with Gasteiger partial charge in [0.1, 0.15) is 29.0 Å². The van der Waals surface area contributed by atoms with E-state index in [9.17, 15) is 14.4 Å². The molecule has 462 valence electrons. The fraction of sp³-hybridized carbons (Fsp3) is 0.208. The third-order valence-electron chi connectivity index (χ3n) is 16.2. The van der Waals surface area contributed by atoms with Crippen molar-refractivity contribution in [1.29, 1.82) is 0 Å². The van der Waals surface area contributed by atoms with Gasteiger partial charge in [-0.3, -0.25) is 19.1 Å². The zero-order valence-electron chi connectivity index (χ0n) is 51.7. The lowest BCUT2D eigenvalue weighted by Crippen LogP contribution is -2.31. The van der Waals surface area contributed by atoms with Gasteiger partial charge in [0.2, 0.25) is 0 Å². The van der Waals surface area contributed by atoms with Crippen molar-refractivity contribution in [2.24, 2.45) is 0 Å². The molecule has 5 heterocycles. The van der Waals surface area contributed by atoms with Crippen molar-refractivity contribution in [3.63, 3.8) is 0 Å². The largest absolute Gasteiger partial charge is 0.494 e. The van der Waals surface area contributed by atoms with Crippen molar-refractivity contribution in [2.75, 3.05) is 67.5 Å². The van der Waals surface area contributed by atoms with E-state index in [0.29, 0.717) is 74.6 Å². The second kappa shape index (κ2) is 26.9. The standard InChI is InChI=1S/C72H70N16O4/c1-86(2)36-7-39-92-57-27-21-48(22-28-57)69-79-61-32-26-55(43-65(61)83-69)54-25-31-59-63(42-54)81-67(77-59)46-11-17-50(18-12-46)71(90)74-34-6-37-88-44-56(84-85-88)8-5-33-73-70(89)49-15-9-45(10-16-49)66-76-58-29-23-52(40-62(58)80-66)53-24-30-60-64(41-53)82-68(78-60)47-13-19-51(20-14-47)72(91)75-35-38-87(3)4/h9-32,40-44H,5-8,33-39H2,1-4H3,(H,73,89)(H,74,90)(H,75,91)(H,76,80)(H,77,81)(H,78,82)(H,79,83). The van der Waals surface area contributed by atoms with Gasteiger partial charge in [-0.15, -0.1) is 5.10 Å². The molecule has 0 aliphatic carbocycles. The quantitative estimate of drug-likeness (QED) is 0.0264. The summed E-state index contributed by atoms with van der Waals surface area (Å²) in [6.45, 7) is 4.55. The van der Waals surface area contributed by atoms with Crippen LogP contribution in [0.3, 0.4) is 0 Å². The first-order valence-corrected chi connectivity index (χ1v) is 31.0. The number of H-pyrrole nitrogens is 4. The lowest BCUT2D eigenvalue weighted by molar-refractivity contribution is 0.0943. The molecule has 13 aromatic rings. The van der Waals surface area contributed by atoms with Crippen molar-refractivity contribution in [2.45, 2.75) is 32.2 Å². The molecule has 0 saturated carbocycles. The Labute approximate surface area is 530 Å². The Balaban J connectivity index is 0.531. The Morgan fingerprint density at radius 3 is 1.17 bits per heavy atom. The van der Waals surface area contributed by atoms with Crippen LogP contribution in [0.4, 0.5) is 0 Å². The molecule has 0 aliphatic heterocycles. The van der Waals surface area contributed by atoms with Crippen LogP contribution in [0.1, 0.15) is 56.0 Å². The van der Waals surface area contributed by atoms with E-state index in [0.717, 1.165) is 137 Å². The maximum Gasteiger partial charge on any atom is 0.251 e. The van der Waals surface area contributed by atoms with Crippen molar-refractivity contribution >= 4 is 61.9 Å². The van der Waals surface area contributed by atoms with E-state index >= 15 is 0 Å². The number of carbonyl (C=O) groups is 3. The number of hydrogen-bond donors (Lipinski definition) is 7. The highest BCUT2D eigenvalue weighted by Gasteiger charge is 2.16. The van der Waals surface area contributed by atoms with Crippen LogP contribution in [-0.4, -0.2) is 150 Å². The number of aromatic nitrogens is 11. The Kier molecular flexibility index (Phi) is 17.5. The van der Waals surface area contributed by atoms with Crippen LogP contribution in [-0.2, 0) is 13.0 Å². The van der Waals surface area contributed by atoms with Crippen molar-refractivity contribution in [3.8, 4) is 73.6 Å². The maximum atomic E-state index is 13.2. The van der Waals surface area contributed by atoms with Crippen LogP contribution in [0, 0.1) is 0 Å². The molecule has 0 spiro atoms. The van der Waals surface area contributed by atoms with Crippen molar-refractivity contribution in [1.82, 2.24) is 80.6 Å². The van der Waals surface area contributed by atoms with Gasteiger partial charge in [0.15, 0.2) is 0 Å². The Hall–Kier alpha value is -11.1. The average Bonchev–Trinajstić information content (AvgIpc) is 1.75. The second-order valence-corrected chi connectivity index (χ2v) is 23.5. The lowest BCUT2D eigenvalue weighted by Gasteiger charge is -2.10. The molecule has 20 heteroatoms. The van der Waals surface area contributed by atoms with Crippen LogP contribution < -0.4 is 20.7 Å². The van der Waals surface area contributed by atoms with E-state index in [4.69, 9.17) is 24.7 Å². The number of ether oxygens (including phenoxy) is 1. The smallest absolute Gasteiger partial charge is 0.251 e. The number of fused-ring (bicyclic) bond motifs is 4. The fourth-order valence-electron chi connectivity index (χ4n) is 11.1. The molecule has 0 saturated heterocycles. The maximum absolute atomic E-state index is 13.2. The number of rotatable bonds is 25. The molecule has 92 heavy (non-hydrogen) atoms. The Bertz CT molecular complexity index is 4750. The first-order valence-electron chi connectivity index (χ1n) is 31.0. The Morgan fingerprint density at radius 2 is 0.783 bits per heavy atom. The second-order valence-electron chi connectivity index (χ2n) is 23.5. The number of aromatic amines is 4. The van der Waals surface area contributed by atoms with Gasteiger partial charge in [0.25, 0.3) is 17.7 Å². The number of likely N-dealkylation sites (N-methyl/N-ethyl adjacent to an activating group) is 1. The molecule has 0 unspecified atom stereocenters. The molecule has 5 aromatic heterocycles. The number of amides is 3. The van der Waals surface area contributed by atoms with E-state index in [1.807, 2.05) is 140 Å². The monoisotopic (exact) mass is 1220 g/mol. The SMILES string of the molecule is CN(C)CCCOc1ccc(-c2nc3cc(-c4ccc5[nH]c(-c6ccc(C(=O)NCCCn7cc(CCCNC(=O)c8ccc(-c9nc%10cc(-c%11ccc%12[nH]c(-c%13ccc(C(=O)NCCN(C)C)cc%13)nc%12c%11)ccc%10[nH]9)cc8)nn7)cc6)nc5c4)ccc3[nH]2)cc1. The third kappa shape index (κ3) is 14.0. The first-order chi connectivity index (χ1) is 44.9. The molecular weight excluding hydrogens is 1150 g/mol. The minimum Gasteiger partial charge on any atom is -0.494 e. The van der Waals surface area contributed by atoms with E-state index < -0.39 is 0 Å². The van der Waals surface area contributed by atoms with Gasteiger partial charge in [0, 0.05) is 84.4 Å². The fourth-order valence-corrected chi connectivity index (χ4v) is 11.1. The van der Waals surface area contributed by atoms with E-state index in [2.05, 4.69) is 120 Å². The molecule has 20 nitrogen and oxygen atoms in total. The molecule has 0 aliphatic rings. The molecule has 7 N–H and O–H groups in total. The number of benzene rings is 8. The highest BCUT2D eigenvalue weighted by Crippen LogP contribution is 2.32. The summed E-state index contributed by atoms with van der Waals surface area (Å²) >= 11 is 0. The summed E-state index contributed by atoms with van der Waals surface area (Å²) in [6, 6.07) is 55.1. The number of nitrogens with one attached hydrogen (secondary N) is 7. The van der Waals surface area contributed by atoms with Crippen LogP contribution >= 0.6 is 0 Å². The highest BCUT2D eigenvalue weighted by molar-refractivity contribution is 5.97. The van der Waals surface area contributed by atoms with Crippen LogP contribution in [0.15, 0.2) is 176 Å². The molecule has 13 rings (SSSR count). The molecule has 3 amide bonds. The summed E-state index contributed by atoms with van der Waals surface area (Å²) in [4.78, 5) is 76.5. The summed E-state index contributed by atoms with van der Waals surface area (Å²) in [5.41, 5.74) is 17.3. The topological polar surface area (TPSA) is 248 Å². The van der Waals surface area contributed by atoms with Gasteiger partial charge in [-0.25, -0.2) is 19.9 Å². The van der Waals surface area contributed by atoms with Crippen molar-refractivity contribution < 1.29 is 19.1 Å². The molecule has 0 bridgehead atoms. The zero-order valence-corrected chi connectivity index (χ0v) is 51.7. The summed E-state index contributed by atoms with van der Waals surface area (Å²) in [5, 5.41) is 17.6. The molecule has 0 fully saturated rings. The van der Waals surface area contributed by atoms with Gasteiger partial charge in [-0.1, -0.05) is 65.9 Å². The van der Waals surface area contributed by atoms with Gasteiger partial charge in [-0.05, 0) is 185 Å². The average molecular weight is 1220 g/mol. The van der Waals surface area contributed by atoms with Gasteiger partial charge >= 0.3 is 0 Å². The highest BCUT2D eigenvalue weighted by atomic mass is 16.5. The number of aryl methyl sites for hydroxylation is 2. The lowest BCUT2D eigenvalue weighted by atomic mass is 10.0. The van der Waals surface area contributed by atoms with E-state index in [1.165, 1.54) is 0 Å². The molecule has 8 aromatic carbocycles. The van der Waals surface area contributed by atoms with Gasteiger partial charge in [0.05, 0.1) is 56.4 Å². The van der Waals surface area contributed by atoms with Crippen molar-refractivity contribution in [3.05, 3.63) is 198 Å². The zero-order chi connectivity index (χ0) is 63.1. The number of imidazole rings is 4. The van der Waals surface area contributed by atoms with Gasteiger partial charge < -0.3 is 50.4 Å². The number of carbonyl (C=O) groups excluding carboxylic acids is 3. The van der Waals surface area contributed by atoms with Crippen LogP contribution in [0.2, 0.25) is 0 Å². The molecule has 0 atom stereocenters. The minimum atomic E-state index is -0.158. The normalized spacial score (nSPS) is 11.6. The van der Waals surface area contributed by atoms with E-state index in [-0.39, 0.29) is 17.7 Å². The summed E-state index contributed by atoms with van der Waals surface area (Å²) < 4.78 is 7.70. The van der Waals surface area contributed by atoms with E-state index in [1.54, 1.807) is 4.68 Å². The minimum absolute atomic E-state index is 0.100.